The highest BCUT2D eigenvalue weighted by Gasteiger charge is 2.43. The molecule has 0 amide bonds. The van der Waals surface area contributed by atoms with E-state index in [2.05, 4.69) is 9.47 Å². The highest BCUT2D eigenvalue weighted by Crippen LogP contribution is 2.43. The first-order valence-electron chi connectivity index (χ1n) is 5.51. The monoisotopic (exact) mass is 248 g/mol. The number of rotatable bonds is 1. The van der Waals surface area contributed by atoms with Gasteiger partial charge in [0.25, 0.3) is 0 Å². The minimum Gasteiger partial charge on any atom is -0.395 e. The minimum absolute atomic E-state index is 0.0670. The molecule has 2 nitrogen and oxygen atoms in total. The Kier molecular flexibility index (Phi) is 2.26. The zero-order chi connectivity index (χ0) is 12.8. The second kappa shape index (κ2) is 3.70. The molecule has 0 bridgehead atoms. The average molecular weight is 248 g/mol. The fraction of sp³-hybridized carbons (Fsp3) is 0.143. The molecule has 1 aliphatic heterocycles. The van der Waals surface area contributed by atoms with Crippen LogP contribution in [0.2, 0.25) is 0 Å². The third kappa shape index (κ3) is 1.79. The molecule has 0 fully saturated rings. The molecular weight excluding hydrogens is 238 g/mol. The molecule has 0 aromatic heterocycles. The Hall–Kier alpha value is -2.10. The Morgan fingerprint density at radius 3 is 2.44 bits per heavy atom. The van der Waals surface area contributed by atoms with Crippen molar-refractivity contribution >= 4 is 0 Å². The first kappa shape index (κ1) is 11.0. The average Bonchev–Trinajstić information content (AvgIpc) is 2.62. The van der Waals surface area contributed by atoms with Gasteiger partial charge in [-0.05, 0) is 35.7 Å². The van der Waals surface area contributed by atoms with Gasteiger partial charge in [-0.2, -0.15) is 0 Å². The van der Waals surface area contributed by atoms with Crippen LogP contribution in [-0.2, 0) is 0 Å². The van der Waals surface area contributed by atoms with Crippen LogP contribution < -0.4 is 9.47 Å². The zero-order valence-corrected chi connectivity index (χ0v) is 9.61. The number of alkyl halides is 2. The van der Waals surface area contributed by atoms with Crippen LogP contribution in [0.1, 0.15) is 5.56 Å². The van der Waals surface area contributed by atoms with Gasteiger partial charge in [-0.1, -0.05) is 30.3 Å². The number of benzene rings is 2. The summed E-state index contributed by atoms with van der Waals surface area (Å²) in [6.45, 7) is 1.97. The molecule has 0 spiro atoms. The molecule has 0 saturated heterocycles. The van der Waals surface area contributed by atoms with Crippen LogP contribution in [0.4, 0.5) is 8.78 Å². The van der Waals surface area contributed by atoms with Gasteiger partial charge < -0.3 is 9.47 Å². The lowest BCUT2D eigenvalue weighted by Crippen LogP contribution is -2.25. The smallest absolute Gasteiger partial charge is 0.395 e. The van der Waals surface area contributed by atoms with Crippen molar-refractivity contribution in [2.75, 3.05) is 0 Å². The van der Waals surface area contributed by atoms with Crippen LogP contribution in [0, 0.1) is 6.92 Å². The van der Waals surface area contributed by atoms with Crippen LogP contribution >= 0.6 is 0 Å². The number of halogens is 2. The van der Waals surface area contributed by atoms with E-state index >= 15 is 0 Å². The highest BCUT2D eigenvalue weighted by molar-refractivity contribution is 5.70. The third-order valence-electron chi connectivity index (χ3n) is 2.86. The van der Waals surface area contributed by atoms with E-state index in [-0.39, 0.29) is 11.5 Å². The van der Waals surface area contributed by atoms with Crippen molar-refractivity contribution in [1.82, 2.24) is 0 Å². The summed E-state index contributed by atoms with van der Waals surface area (Å²) in [6, 6.07) is 12.5. The number of hydrogen-bond donors (Lipinski definition) is 0. The van der Waals surface area contributed by atoms with E-state index in [1.54, 1.807) is 12.1 Å². The largest absolute Gasteiger partial charge is 0.586 e. The van der Waals surface area contributed by atoms with Gasteiger partial charge in [-0.3, -0.25) is 0 Å². The lowest BCUT2D eigenvalue weighted by atomic mass is 10.0. The van der Waals surface area contributed by atoms with Gasteiger partial charge >= 0.3 is 6.29 Å². The molecule has 1 heterocycles. The van der Waals surface area contributed by atoms with Gasteiger partial charge in [0.05, 0.1) is 0 Å². The molecule has 3 rings (SSSR count). The van der Waals surface area contributed by atoms with Crippen LogP contribution in [0.5, 0.6) is 11.5 Å². The lowest BCUT2D eigenvalue weighted by molar-refractivity contribution is -0.286. The summed E-state index contributed by atoms with van der Waals surface area (Å²) in [4.78, 5) is 0. The molecule has 0 unspecified atom stereocenters. The molecular formula is C14H10F2O2. The van der Waals surface area contributed by atoms with Crippen LogP contribution in [0.15, 0.2) is 42.5 Å². The Morgan fingerprint density at radius 1 is 0.944 bits per heavy atom. The van der Waals surface area contributed by atoms with Crippen molar-refractivity contribution in [3.05, 3.63) is 48.0 Å². The first-order valence-corrected chi connectivity index (χ1v) is 5.51. The van der Waals surface area contributed by atoms with Crippen molar-refractivity contribution in [3.63, 3.8) is 0 Å². The summed E-state index contributed by atoms with van der Waals surface area (Å²) in [6.07, 6.45) is -3.56. The molecule has 0 N–H and O–H groups in total. The van der Waals surface area contributed by atoms with Crippen LogP contribution in [-0.4, -0.2) is 6.29 Å². The molecule has 2 aromatic rings. The Bertz CT molecular complexity index is 608. The van der Waals surface area contributed by atoms with E-state index in [9.17, 15) is 8.78 Å². The van der Waals surface area contributed by atoms with Gasteiger partial charge in [0.1, 0.15) is 0 Å². The first-order chi connectivity index (χ1) is 8.55. The molecule has 4 heteroatoms. The quantitative estimate of drug-likeness (QED) is 0.759. The van der Waals surface area contributed by atoms with E-state index < -0.39 is 6.29 Å². The van der Waals surface area contributed by atoms with E-state index in [1.165, 1.54) is 6.07 Å². The number of fused-ring (bicyclic) bond motifs is 1. The minimum atomic E-state index is -3.56. The van der Waals surface area contributed by atoms with Crippen LogP contribution in [0.3, 0.4) is 0 Å². The zero-order valence-electron chi connectivity index (χ0n) is 9.61. The second-order valence-corrected chi connectivity index (χ2v) is 4.14. The predicted octanol–water partition coefficient (Wildman–Crippen LogP) is 3.98. The second-order valence-electron chi connectivity index (χ2n) is 4.14. The van der Waals surface area contributed by atoms with E-state index in [1.807, 2.05) is 31.2 Å². The van der Waals surface area contributed by atoms with Gasteiger partial charge in [-0.15, -0.1) is 8.78 Å². The summed E-state index contributed by atoms with van der Waals surface area (Å²) in [7, 11) is 0. The lowest BCUT2D eigenvalue weighted by Gasteiger charge is -2.06. The van der Waals surface area contributed by atoms with Gasteiger partial charge in [-0.25, -0.2) is 0 Å². The Morgan fingerprint density at radius 2 is 1.67 bits per heavy atom. The van der Waals surface area contributed by atoms with Gasteiger partial charge in [0.15, 0.2) is 11.5 Å². The molecule has 1 aliphatic rings. The van der Waals surface area contributed by atoms with Crippen molar-refractivity contribution in [1.29, 1.82) is 0 Å². The summed E-state index contributed by atoms with van der Waals surface area (Å²) >= 11 is 0. The molecule has 92 valence electrons. The summed E-state index contributed by atoms with van der Waals surface area (Å²) < 4.78 is 34.6. The maximum absolute atomic E-state index is 12.9. The molecule has 0 saturated carbocycles. The van der Waals surface area contributed by atoms with Crippen molar-refractivity contribution in [2.24, 2.45) is 0 Å². The molecule has 0 aliphatic carbocycles. The van der Waals surface area contributed by atoms with E-state index in [0.29, 0.717) is 0 Å². The predicted molar refractivity (Wildman–Crippen MR) is 62.8 cm³/mol. The molecule has 0 atom stereocenters. The van der Waals surface area contributed by atoms with E-state index in [4.69, 9.17) is 0 Å². The third-order valence-corrected chi connectivity index (χ3v) is 2.86. The van der Waals surface area contributed by atoms with Crippen molar-refractivity contribution in [2.45, 2.75) is 13.2 Å². The van der Waals surface area contributed by atoms with Crippen molar-refractivity contribution in [3.8, 4) is 22.6 Å². The topological polar surface area (TPSA) is 18.5 Å². The maximum Gasteiger partial charge on any atom is 0.586 e. The fourth-order valence-electron chi connectivity index (χ4n) is 2.01. The SMILES string of the molecule is Cc1ccccc1-c1ccc2c(c1)OC(F)(F)O2. The summed E-state index contributed by atoms with van der Waals surface area (Å²) in [5.41, 5.74) is 2.88. The molecule has 2 aromatic carbocycles. The normalized spacial score (nSPS) is 15.7. The van der Waals surface area contributed by atoms with Gasteiger partial charge in [0.2, 0.25) is 0 Å². The van der Waals surface area contributed by atoms with Gasteiger partial charge in [0, 0.05) is 0 Å². The fourth-order valence-corrected chi connectivity index (χ4v) is 2.01. The summed E-state index contributed by atoms with van der Waals surface area (Å²) in [5.74, 6) is 0.137. The number of hydrogen-bond acceptors (Lipinski definition) is 2. The Balaban J connectivity index is 2.05. The molecule has 0 radical (unpaired) electrons. The number of ether oxygens (including phenoxy) is 2. The standard InChI is InChI=1S/C14H10F2O2/c1-9-4-2-3-5-11(9)10-6-7-12-13(8-10)18-14(15,16)17-12/h2-8H,1H3. The number of aryl methyl sites for hydroxylation is 1. The molecule has 18 heavy (non-hydrogen) atoms. The maximum atomic E-state index is 12.9. The van der Waals surface area contributed by atoms with Crippen LogP contribution in [0.25, 0.3) is 11.1 Å². The summed E-state index contributed by atoms with van der Waals surface area (Å²) in [5, 5.41) is 0. The van der Waals surface area contributed by atoms with E-state index in [0.717, 1.165) is 16.7 Å². The Labute approximate surface area is 103 Å². The van der Waals surface area contributed by atoms with Crippen molar-refractivity contribution < 1.29 is 18.3 Å². The highest BCUT2D eigenvalue weighted by atomic mass is 19.3.